The van der Waals surface area contributed by atoms with E-state index in [1.807, 2.05) is 0 Å². The van der Waals surface area contributed by atoms with Crippen molar-refractivity contribution < 1.29 is 0 Å². The molecule has 0 aliphatic heterocycles. The van der Waals surface area contributed by atoms with Crippen molar-refractivity contribution in [2.24, 2.45) is 0 Å². The lowest BCUT2D eigenvalue weighted by Gasteiger charge is -2.06. The predicted octanol–water partition coefficient (Wildman–Crippen LogP) is 2.77. The zero-order valence-corrected chi connectivity index (χ0v) is 10.2. The molecule has 0 amide bonds. The van der Waals surface area contributed by atoms with E-state index >= 15 is 0 Å². The van der Waals surface area contributed by atoms with Gasteiger partial charge in [-0.15, -0.1) is 0 Å². The molecule has 0 bridgehead atoms. The fourth-order valence-corrected chi connectivity index (χ4v) is 1.70. The first kappa shape index (κ1) is 11.6. The summed E-state index contributed by atoms with van der Waals surface area (Å²) in [6, 6.07) is 10.3. The van der Waals surface area contributed by atoms with Crippen molar-refractivity contribution in [1.29, 1.82) is 0 Å². The topological polar surface area (TPSA) is 51.8 Å². The minimum absolute atomic E-state index is 0.522. The normalized spacial score (nSPS) is 10.8. The van der Waals surface area contributed by atoms with E-state index in [1.54, 1.807) is 12.3 Å². The van der Waals surface area contributed by atoms with Crippen LogP contribution in [-0.2, 0) is 6.42 Å². The summed E-state index contributed by atoms with van der Waals surface area (Å²) in [6.45, 7) is 4.38. The third-order valence-electron chi connectivity index (χ3n) is 2.74. The van der Waals surface area contributed by atoms with Crippen LogP contribution in [0.25, 0.3) is 0 Å². The molecule has 0 saturated carbocycles. The lowest BCUT2D eigenvalue weighted by molar-refractivity contribution is 0.864. The van der Waals surface area contributed by atoms with Gasteiger partial charge in [0.1, 0.15) is 11.6 Å². The van der Waals surface area contributed by atoms with Gasteiger partial charge in [0.25, 0.3) is 0 Å². The molecule has 0 aliphatic carbocycles. The molecule has 0 saturated heterocycles. The maximum atomic E-state index is 5.62. The summed E-state index contributed by atoms with van der Waals surface area (Å²) in [5.41, 5.74) is 8.18. The Morgan fingerprint density at radius 1 is 1.12 bits per heavy atom. The highest BCUT2D eigenvalue weighted by atomic mass is 14.9. The van der Waals surface area contributed by atoms with Crippen LogP contribution >= 0.6 is 0 Å². The first-order chi connectivity index (χ1) is 8.15. The minimum atomic E-state index is 0.522. The summed E-state index contributed by atoms with van der Waals surface area (Å²) in [5.74, 6) is 1.85. The predicted molar refractivity (Wildman–Crippen MR) is 69.8 cm³/mol. The van der Waals surface area contributed by atoms with Gasteiger partial charge < -0.3 is 5.73 Å². The lowest BCUT2D eigenvalue weighted by atomic mass is 10.0. The zero-order chi connectivity index (χ0) is 12.3. The molecule has 2 rings (SSSR count). The molecule has 3 heteroatoms. The maximum Gasteiger partial charge on any atom is 0.135 e. The van der Waals surface area contributed by atoms with Gasteiger partial charge in [-0.05, 0) is 23.1 Å². The Morgan fingerprint density at radius 3 is 2.41 bits per heavy atom. The number of hydrogen-bond acceptors (Lipinski definition) is 3. The minimum Gasteiger partial charge on any atom is -0.384 e. The van der Waals surface area contributed by atoms with Crippen molar-refractivity contribution in [3.05, 3.63) is 53.5 Å². The molecule has 0 radical (unpaired) electrons. The second-order valence-corrected chi connectivity index (χ2v) is 4.47. The van der Waals surface area contributed by atoms with E-state index in [2.05, 4.69) is 48.1 Å². The van der Waals surface area contributed by atoms with Crippen molar-refractivity contribution >= 4 is 5.82 Å². The number of benzene rings is 1. The van der Waals surface area contributed by atoms with Crippen molar-refractivity contribution in [1.82, 2.24) is 9.97 Å². The highest BCUT2D eigenvalue weighted by Gasteiger charge is 2.02. The first-order valence-electron chi connectivity index (χ1n) is 5.81. The number of aromatic nitrogens is 2. The van der Waals surface area contributed by atoms with Crippen molar-refractivity contribution in [2.75, 3.05) is 5.73 Å². The Hall–Kier alpha value is -1.90. The second-order valence-electron chi connectivity index (χ2n) is 4.47. The fourth-order valence-electron chi connectivity index (χ4n) is 1.70. The summed E-state index contributed by atoms with van der Waals surface area (Å²) in [7, 11) is 0. The summed E-state index contributed by atoms with van der Waals surface area (Å²) < 4.78 is 0. The number of nitrogens with two attached hydrogens (primary N) is 1. The van der Waals surface area contributed by atoms with Gasteiger partial charge in [0.15, 0.2) is 0 Å². The van der Waals surface area contributed by atoms with Crippen LogP contribution in [0.1, 0.15) is 36.7 Å². The summed E-state index contributed by atoms with van der Waals surface area (Å²) in [6.07, 6.45) is 2.42. The number of nitrogens with zero attached hydrogens (tertiary/aromatic N) is 2. The molecule has 0 spiro atoms. The van der Waals surface area contributed by atoms with Gasteiger partial charge in [-0.25, -0.2) is 9.97 Å². The molecular weight excluding hydrogens is 210 g/mol. The Balaban J connectivity index is 2.14. The molecule has 1 aromatic heterocycles. The third-order valence-corrected chi connectivity index (χ3v) is 2.74. The molecule has 1 aromatic carbocycles. The fraction of sp³-hybridized carbons (Fsp3) is 0.286. The molecule has 2 N–H and O–H groups in total. The Bertz CT molecular complexity index is 489. The van der Waals surface area contributed by atoms with Crippen LogP contribution in [0.4, 0.5) is 5.82 Å². The third kappa shape index (κ3) is 3.03. The average Bonchev–Trinajstić information content (AvgIpc) is 2.29. The van der Waals surface area contributed by atoms with Crippen molar-refractivity contribution in [2.45, 2.75) is 26.2 Å². The van der Waals surface area contributed by atoms with Gasteiger partial charge >= 0.3 is 0 Å². The Morgan fingerprint density at radius 2 is 1.82 bits per heavy atom. The monoisotopic (exact) mass is 227 g/mol. The molecule has 0 fully saturated rings. The summed E-state index contributed by atoms with van der Waals surface area (Å²) in [4.78, 5) is 8.39. The molecule has 0 atom stereocenters. The van der Waals surface area contributed by atoms with Crippen LogP contribution in [0.15, 0.2) is 36.5 Å². The highest BCUT2D eigenvalue weighted by molar-refractivity contribution is 5.29. The summed E-state index contributed by atoms with van der Waals surface area (Å²) in [5, 5.41) is 0. The van der Waals surface area contributed by atoms with Crippen molar-refractivity contribution in [3.63, 3.8) is 0 Å². The highest BCUT2D eigenvalue weighted by Crippen LogP contribution is 2.15. The van der Waals surface area contributed by atoms with E-state index in [1.165, 1.54) is 11.1 Å². The second kappa shape index (κ2) is 4.95. The lowest BCUT2D eigenvalue weighted by Crippen LogP contribution is -1.99. The molecule has 1 heterocycles. The van der Waals surface area contributed by atoms with E-state index < -0.39 is 0 Å². The van der Waals surface area contributed by atoms with E-state index in [9.17, 15) is 0 Å². The molecule has 2 aromatic rings. The van der Waals surface area contributed by atoms with E-state index in [0.717, 1.165) is 12.2 Å². The van der Waals surface area contributed by atoms with E-state index in [-0.39, 0.29) is 0 Å². The zero-order valence-electron chi connectivity index (χ0n) is 10.2. The van der Waals surface area contributed by atoms with Crippen LogP contribution in [0.2, 0.25) is 0 Å². The van der Waals surface area contributed by atoms with Crippen LogP contribution in [0.3, 0.4) is 0 Å². The quantitative estimate of drug-likeness (QED) is 0.877. The van der Waals surface area contributed by atoms with E-state index in [0.29, 0.717) is 11.7 Å². The Kier molecular flexibility index (Phi) is 3.38. The molecule has 0 unspecified atom stereocenters. The molecule has 0 aliphatic rings. The Labute approximate surface area is 102 Å². The van der Waals surface area contributed by atoms with Gasteiger partial charge in [-0.3, -0.25) is 0 Å². The number of rotatable bonds is 3. The molecule has 3 nitrogen and oxygen atoms in total. The van der Waals surface area contributed by atoms with Gasteiger partial charge in [-0.1, -0.05) is 38.1 Å². The average molecular weight is 227 g/mol. The van der Waals surface area contributed by atoms with Gasteiger partial charge in [-0.2, -0.15) is 0 Å². The van der Waals surface area contributed by atoms with Crippen LogP contribution in [0.5, 0.6) is 0 Å². The molecule has 88 valence electrons. The number of hydrogen-bond donors (Lipinski definition) is 1. The number of anilines is 1. The van der Waals surface area contributed by atoms with Crippen LogP contribution < -0.4 is 5.73 Å². The van der Waals surface area contributed by atoms with Crippen molar-refractivity contribution in [3.8, 4) is 0 Å². The van der Waals surface area contributed by atoms with E-state index in [4.69, 9.17) is 5.73 Å². The SMILES string of the molecule is CC(C)c1ccc(Cc2nccc(N)n2)cc1. The van der Waals surface area contributed by atoms with Gasteiger partial charge in [0, 0.05) is 12.6 Å². The van der Waals surface area contributed by atoms with Crippen LogP contribution in [-0.4, -0.2) is 9.97 Å². The maximum absolute atomic E-state index is 5.62. The van der Waals surface area contributed by atoms with Gasteiger partial charge in [0.2, 0.25) is 0 Å². The first-order valence-corrected chi connectivity index (χ1v) is 5.81. The molecular formula is C14H17N3. The van der Waals surface area contributed by atoms with Gasteiger partial charge in [0.05, 0.1) is 0 Å². The standard InChI is InChI=1S/C14H17N3/c1-10(2)12-5-3-11(4-6-12)9-14-16-8-7-13(15)17-14/h3-8,10H,9H2,1-2H3,(H2,15,16,17). The summed E-state index contributed by atoms with van der Waals surface area (Å²) >= 11 is 0. The smallest absolute Gasteiger partial charge is 0.135 e. The largest absolute Gasteiger partial charge is 0.384 e. The molecule has 17 heavy (non-hydrogen) atoms. The van der Waals surface area contributed by atoms with Crippen LogP contribution in [0, 0.1) is 0 Å². The number of nitrogen functional groups attached to an aromatic ring is 1.